The average molecular weight is 297 g/mol. The van der Waals surface area contributed by atoms with E-state index in [0.717, 1.165) is 57.6 Å². The molecule has 2 rings (SSSR count). The highest BCUT2D eigenvalue weighted by Crippen LogP contribution is 2.21. The first-order valence-electron chi connectivity index (χ1n) is 8.39. The Hall–Kier alpha value is -0.810. The quantitative estimate of drug-likeness (QED) is 0.478. The molecular formula is C16H31N3O2. The molecule has 2 aliphatic rings. The maximum absolute atomic E-state index is 5.89. The Morgan fingerprint density at radius 3 is 2.76 bits per heavy atom. The third-order valence-corrected chi connectivity index (χ3v) is 4.23. The lowest BCUT2D eigenvalue weighted by molar-refractivity contribution is -0.0816. The Labute approximate surface area is 129 Å². The minimum atomic E-state index is 0.190. The summed E-state index contributed by atoms with van der Waals surface area (Å²) in [6.45, 7) is 8.96. The molecule has 0 aromatic heterocycles. The molecule has 0 saturated carbocycles. The fraction of sp³-hybridized carbons (Fsp3) is 0.938. The predicted octanol–water partition coefficient (Wildman–Crippen LogP) is 1.88. The molecule has 2 aliphatic heterocycles. The molecule has 2 saturated heterocycles. The van der Waals surface area contributed by atoms with Gasteiger partial charge in [-0.2, -0.15) is 0 Å². The van der Waals surface area contributed by atoms with Gasteiger partial charge in [0.05, 0.1) is 12.7 Å². The third kappa shape index (κ3) is 5.15. The van der Waals surface area contributed by atoms with Gasteiger partial charge in [-0.25, -0.2) is 0 Å². The van der Waals surface area contributed by atoms with Crippen molar-refractivity contribution < 1.29 is 9.47 Å². The average Bonchev–Trinajstić information content (AvgIpc) is 3.01. The van der Waals surface area contributed by atoms with Crippen molar-refractivity contribution in [2.45, 2.75) is 51.7 Å². The first-order valence-corrected chi connectivity index (χ1v) is 8.39. The monoisotopic (exact) mass is 297 g/mol. The maximum Gasteiger partial charge on any atom is 0.193 e. The number of guanidine groups is 1. The maximum atomic E-state index is 5.89. The summed E-state index contributed by atoms with van der Waals surface area (Å²) in [5, 5.41) is 3.49. The van der Waals surface area contributed by atoms with Gasteiger partial charge < -0.3 is 19.7 Å². The van der Waals surface area contributed by atoms with Crippen LogP contribution in [0.2, 0.25) is 0 Å². The first kappa shape index (κ1) is 16.6. The van der Waals surface area contributed by atoms with Crippen molar-refractivity contribution in [1.29, 1.82) is 0 Å². The van der Waals surface area contributed by atoms with E-state index in [1.165, 1.54) is 12.8 Å². The largest absolute Gasteiger partial charge is 0.375 e. The molecule has 2 unspecified atom stereocenters. The van der Waals surface area contributed by atoms with Crippen LogP contribution in [-0.4, -0.2) is 63.0 Å². The second-order valence-electron chi connectivity index (χ2n) is 6.42. The fourth-order valence-corrected chi connectivity index (χ4v) is 3.03. The molecule has 0 amide bonds. The van der Waals surface area contributed by atoms with E-state index in [2.05, 4.69) is 29.1 Å². The van der Waals surface area contributed by atoms with Crippen LogP contribution < -0.4 is 5.32 Å². The van der Waals surface area contributed by atoms with Crippen LogP contribution in [0.15, 0.2) is 4.99 Å². The lowest BCUT2D eigenvalue weighted by Crippen LogP contribution is -2.53. The number of hydrogen-bond donors (Lipinski definition) is 1. The SMILES string of the molecule is CN=C(NCCCC(C)C)N1CCOC(C2CCCO2)C1. The standard InChI is InChI=1S/C16H31N3O2/c1-13(2)6-4-8-18-16(17-3)19-9-11-21-15(12-19)14-7-5-10-20-14/h13-15H,4-12H2,1-3H3,(H,17,18). The molecule has 21 heavy (non-hydrogen) atoms. The highest BCUT2D eigenvalue weighted by Gasteiger charge is 2.32. The summed E-state index contributed by atoms with van der Waals surface area (Å²) in [7, 11) is 1.86. The van der Waals surface area contributed by atoms with Gasteiger partial charge in [0.2, 0.25) is 0 Å². The number of morpholine rings is 1. The van der Waals surface area contributed by atoms with Crippen LogP contribution in [0, 0.1) is 5.92 Å². The lowest BCUT2D eigenvalue weighted by atomic mass is 10.1. The van der Waals surface area contributed by atoms with E-state index in [1.54, 1.807) is 0 Å². The third-order valence-electron chi connectivity index (χ3n) is 4.23. The van der Waals surface area contributed by atoms with Gasteiger partial charge in [-0.05, 0) is 31.6 Å². The van der Waals surface area contributed by atoms with Crippen molar-refractivity contribution in [3.05, 3.63) is 0 Å². The highest BCUT2D eigenvalue weighted by molar-refractivity contribution is 5.80. The van der Waals surface area contributed by atoms with Crippen molar-refractivity contribution in [3.63, 3.8) is 0 Å². The van der Waals surface area contributed by atoms with Gasteiger partial charge in [-0.1, -0.05) is 13.8 Å². The molecule has 122 valence electrons. The van der Waals surface area contributed by atoms with Gasteiger partial charge in [-0.3, -0.25) is 4.99 Å². The van der Waals surface area contributed by atoms with E-state index in [-0.39, 0.29) is 12.2 Å². The molecule has 1 N–H and O–H groups in total. The van der Waals surface area contributed by atoms with E-state index in [0.29, 0.717) is 0 Å². The Bertz CT molecular complexity index is 327. The zero-order chi connectivity index (χ0) is 15.1. The Morgan fingerprint density at radius 1 is 1.29 bits per heavy atom. The summed E-state index contributed by atoms with van der Waals surface area (Å²) in [4.78, 5) is 6.74. The first-order chi connectivity index (χ1) is 10.2. The van der Waals surface area contributed by atoms with Gasteiger partial charge in [0, 0.05) is 33.3 Å². The van der Waals surface area contributed by atoms with Crippen LogP contribution in [0.1, 0.15) is 39.5 Å². The van der Waals surface area contributed by atoms with Crippen LogP contribution in [0.25, 0.3) is 0 Å². The van der Waals surface area contributed by atoms with E-state index in [9.17, 15) is 0 Å². The molecule has 0 aromatic carbocycles. The van der Waals surface area contributed by atoms with Gasteiger partial charge in [0.1, 0.15) is 6.10 Å². The van der Waals surface area contributed by atoms with Gasteiger partial charge in [0.25, 0.3) is 0 Å². The molecule has 2 heterocycles. The van der Waals surface area contributed by atoms with E-state index < -0.39 is 0 Å². The molecule has 0 aliphatic carbocycles. The predicted molar refractivity (Wildman–Crippen MR) is 85.7 cm³/mol. The molecule has 0 radical (unpaired) electrons. The summed E-state index contributed by atoms with van der Waals surface area (Å²) in [6, 6.07) is 0. The Kier molecular flexibility index (Phi) is 6.77. The van der Waals surface area contributed by atoms with Crippen LogP contribution in [0.5, 0.6) is 0 Å². The van der Waals surface area contributed by atoms with Crippen LogP contribution in [0.3, 0.4) is 0 Å². The minimum absolute atomic E-state index is 0.190. The summed E-state index contributed by atoms with van der Waals surface area (Å²) in [6.07, 6.45) is 5.19. The topological polar surface area (TPSA) is 46.1 Å². The Morgan fingerprint density at radius 2 is 2.10 bits per heavy atom. The van der Waals surface area contributed by atoms with Crippen molar-refractivity contribution >= 4 is 5.96 Å². The molecule has 5 nitrogen and oxygen atoms in total. The molecule has 0 aromatic rings. The normalized spacial score (nSPS) is 27.4. The van der Waals surface area contributed by atoms with Gasteiger partial charge in [0.15, 0.2) is 5.96 Å². The van der Waals surface area contributed by atoms with Crippen molar-refractivity contribution in [3.8, 4) is 0 Å². The highest BCUT2D eigenvalue weighted by atomic mass is 16.5. The van der Waals surface area contributed by atoms with Crippen molar-refractivity contribution in [1.82, 2.24) is 10.2 Å². The second-order valence-corrected chi connectivity index (χ2v) is 6.42. The molecule has 5 heteroatoms. The number of ether oxygens (including phenoxy) is 2. The fourth-order valence-electron chi connectivity index (χ4n) is 3.03. The van der Waals surface area contributed by atoms with Crippen LogP contribution in [-0.2, 0) is 9.47 Å². The molecule has 2 fully saturated rings. The number of nitrogens with one attached hydrogen (secondary N) is 1. The zero-order valence-electron chi connectivity index (χ0n) is 13.8. The number of nitrogens with zero attached hydrogens (tertiary/aromatic N) is 2. The van der Waals surface area contributed by atoms with Gasteiger partial charge >= 0.3 is 0 Å². The molecule has 0 spiro atoms. The Balaban J connectivity index is 1.77. The van der Waals surface area contributed by atoms with Crippen molar-refractivity contribution in [2.75, 3.05) is 39.9 Å². The second kappa shape index (κ2) is 8.59. The van der Waals surface area contributed by atoms with Crippen molar-refractivity contribution in [2.24, 2.45) is 10.9 Å². The van der Waals surface area contributed by atoms with E-state index >= 15 is 0 Å². The van der Waals surface area contributed by atoms with E-state index in [4.69, 9.17) is 9.47 Å². The molecule has 0 bridgehead atoms. The number of rotatable bonds is 5. The number of hydrogen-bond acceptors (Lipinski definition) is 3. The molecule has 2 atom stereocenters. The van der Waals surface area contributed by atoms with Gasteiger partial charge in [-0.15, -0.1) is 0 Å². The van der Waals surface area contributed by atoms with Crippen LogP contribution >= 0.6 is 0 Å². The lowest BCUT2D eigenvalue weighted by Gasteiger charge is -2.37. The summed E-state index contributed by atoms with van der Waals surface area (Å²) in [5.74, 6) is 1.77. The number of aliphatic imine (C=N–C) groups is 1. The summed E-state index contributed by atoms with van der Waals surface area (Å²) in [5.41, 5.74) is 0. The zero-order valence-corrected chi connectivity index (χ0v) is 13.8. The van der Waals surface area contributed by atoms with Crippen LogP contribution in [0.4, 0.5) is 0 Å². The minimum Gasteiger partial charge on any atom is -0.375 e. The summed E-state index contributed by atoms with van der Waals surface area (Å²) >= 11 is 0. The smallest absolute Gasteiger partial charge is 0.193 e. The molecular weight excluding hydrogens is 266 g/mol. The summed E-state index contributed by atoms with van der Waals surface area (Å²) < 4.78 is 11.7. The van der Waals surface area contributed by atoms with E-state index in [1.807, 2.05) is 7.05 Å².